The number of hydrogen-bond acceptors (Lipinski definition) is 1. The molecule has 7 rings (SSSR count). The molecule has 0 heterocycles. The largest absolute Gasteiger partial charge is 0.274 e. The maximum absolute atomic E-state index is 5.42. The van der Waals surface area contributed by atoms with Gasteiger partial charge in [0, 0.05) is 5.71 Å². The van der Waals surface area contributed by atoms with Crippen LogP contribution in [0.2, 0.25) is 0 Å². The van der Waals surface area contributed by atoms with E-state index in [1.807, 2.05) is 0 Å². The summed E-state index contributed by atoms with van der Waals surface area (Å²) in [6, 6.07) is 40.4. The van der Waals surface area contributed by atoms with Gasteiger partial charge in [-0.15, -0.1) is 0 Å². The third-order valence-corrected chi connectivity index (χ3v) is 9.97. The van der Waals surface area contributed by atoms with Crippen LogP contribution in [0.15, 0.2) is 138 Å². The van der Waals surface area contributed by atoms with Gasteiger partial charge in [0.25, 0.3) is 0 Å². The van der Waals surface area contributed by atoms with Gasteiger partial charge in [-0.3, -0.25) is 4.99 Å². The van der Waals surface area contributed by atoms with E-state index in [-0.39, 0.29) is 5.41 Å². The lowest BCUT2D eigenvalue weighted by atomic mass is 9.79. The van der Waals surface area contributed by atoms with Crippen molar-refractivity contribution in [2.24, 2.45) is 4.99 Å². The molecule has 1 atom stereocenters. The lowest BCUT2D eigenvalue weighted by molar-refractivity contribution is 0.581. The van der Waals surface area contributed by atoms with Crippen molar-refractivity contribution in [2.75, 3.05) is 0 Å². The Balaban J connectivity index is 1.25. The molecule has 0 aromatic heterocycles. The van der Waals surface area contributed by atoms with Crippen LogP contribution in [0, 0.1) is 0 Å². The summed E-state index contributed by atoms with van der Waals surface area (Å²) in [5.74, 6) is 0. The summed E-state index contributed by atoms with van der Waals surface area (Å²) in [6.45, 7) is 11.3. The summed E-state index contributed by atoms with van der Waals surface area (Å²) in [5, 5.41) is 2.59. The number of aryl methyl sites for hydroxylation is 1. The van der Waals surface area contributed by atoms with Crippen LogP contribution in [0.1, 0.15) is 80.8 Å². The van der Waals surface area contributed by atoms with Gasteiger partial charge in [0.1, 0.15) is 5.54 Å². The lowest BCUT2D eigenvalue weighted by Gasteiger charge is -2.30. The predicted octanol–water partition coefficient (Wildman–Crippen LogP) is 11.9. The zero-order valence-electron chi connectivity index (χ0n) is 27.8. The van der Waals surface area contributed by atoms with Gasteiger partial charge in [0.15, 0.2) is 0 Å². The highest BCUT2D eigenvalue weighted by Gasteiger charge is 2.32. The van der Waals surface area contributed by atoms with Crippen molar-refractivity contribution >= 4 is 28.1 Å². The van der Waals surface area contributed by atoms with Gasteiger partial charge >= 0.3 is 0 Å². The standard InChI is InChI=1S/C45H43N/c1-31(32-13-7-6-8-14-32)46-45(5,39-15-9-10-16-39)41-26-24-34-27-36(22-20-35(34)29-41)42-17-11-12-18-43(42)37-21-19-33-23-25-40(44(2,3)4)30-38(33)28-37/h6-15,17-19,21,23-30H,16,20,22H2,1-5H3/b46-31+. The van der Waals surface area contributed by atoms with E-state index >= 15 is 0 Å². The van der Waals surface area contributed by atoms with E-state index in [1.165, 1.54) is 66.4 Å². The molecule has 0 radical (unpaired) electrons. The maximum atomic E-state index is 5.42. The highest BCUT2D eigenvalue weighted by atomic mass is 14.9. The first kappa shape index (κ1) is 29.9. The Hall–Kier alpha value is -4.75. The quantitative estimate of drug-likeness (QED) is 0.173. The molecule has 2 aliphatic carbocycles. The summed E-state index contributed by atoms with van der Waals surface area (Å²) in [4.78, 5) is 5.42. The van der Waals surface area contributed by atoms with Crippen molar-refractivity contribution in [2.45, 2.75) is 64.8 Å². The molecule has 46 heavy (non-hydrogen) atoms. The molecule has 2 aliphatic rings. The first-order valence-corrected chi connectivity index (χ1v) is 16.7. The second kappa shape index (κ2) is 11.9. The fourth-order valence-corrected chi connectivity index (χ4v) is 7.11. The molecule has 1 heteroatoms. The molecular weight excluding hydrogens is 555 g/mol. The van der Waals surface area contributed by atoms with Crippen molar-refractivity contribution in [1.29, 1.82) is 0 Å². The van der Waals surface area contributed by atoms with Crippen molar-refractivity contribution in [3.63, 3.8) is 0 Å². The average Bonchev–Trinajstić information content (AvgIpc) is 3.63. The van der Waals surface area contributed by atoms with Gasteiger partial charge < -0.3 is 0 Å². The first-order chi connectivity index (χ1) is 22.2. The van der Waals surface area contributed by atoms with Crippen molar-refractivity contribution in [3.05, 3.63) is 166 Å². The van der Waals surface area contributed by atoms with Gasteiger partial charge in [0.2, 0.25) is 0 Å². The van der Waals surface area contributed by atoms with Gasteiger partial charge in [-0.25, -0.2) is 0 Å². The van der Waals surface area contributed by atoms with Crippen LogP contribution in [0.25, 0.3) is 33.5 Å². The van der Waals surface area contributed by atoms with Gasteiger partial charge in [-0.05, 0) is 111 Å². The summed E-state index contributed by atoms with van der Waals surface area (Å²) in [6.07, 6.45) is 12.1. The second-order valence-corrected chi connectivity index (χ2v) is 14.1. The molecule has 0 aliphatic heterocycles. The van der Waals surface area contributed by atoms with Crippen LogP contribution < -0.4 is 0 Å². The highest BCUT2D eigenvalue weighted by molar-refractivity contribution is 5.99. The Morgan fingerprint density at radius 1 is 0.674 bits per heavy atom. The normalized spacial score (nSPS) is 16.2. The summed E-state index contributed by atoms with van der Waals surface area (Å²) in [5.41, 5.74) is 14.0. The highest BCUT2D eigenvalue weighted by Crippen LogP contribution is 2.42. The molecule has 5 aromatic carbocycles. The molecule has 0 fully saturated rings. The van der Waals surface area contributed by atoms with Crippen LogP contribution in [0.3, 0.4) is 0 Å². The number of rotatable bonds is 6. The Kier molecular flexibility index (Phi) is 7.73. The lowest BCUT2D eigenvalue weighted by Crippen LogP contribution is -2.24. The fraction of sp³-hybridized carbons (Fsp3) is 0.222. The monoisotopic (exact) mass is 597 g/mol. The smallest absolute Gasteiger partial charge is 0.105 e. The minimum Gasteiger partial charge on any atom is -0.274 e. The summed E-state index contributed by atoms with van der Waals surface area (Å²) in [7, 11) is 0. The molecule has 1 unspecified atom stereocenters. The molecule has 0 amide bonds. The molecule has 0 spiro atoms. The van der Waals surface area contributed by atoms with E-state index in [2.05, 4.69) is 168 Å². The van der Waals surface area contributed by atoms with Gasteiger partial charge in [-0.1, -0.05) is 148 Å². The number of allylic oxidation sites excluding steroid dienone is 4. The van der Waals surface area contributed by atoms with Crippen LogP contribution in [-0.4, -0.2) is 5.71 Å². The molecule has 5 aromatic rings. The number of aliphatic imine (C=N–C) groups is 1. The zero-order chi connectivity index (χ0) is 31.9. The van der Waals surface area contributed by atoms with E-state index in [0.29, 0.717) is 0 Å². The maximum Gasteiger partial charge on any atom is 0.105 e. The minimum atomic E-state index is -0.419. The van der Waals surface area contributed by atoms with Crippen LogP contribution in [-0.2, 0) is 17.4 Å². The average molecular weight is 598 g/mol. The van der Waals surface area contributed by atoms with E-state index < -0.39 is 5.54 Å². The van der Waals surface area contributed by atoms with Crippen molar-refractivity contribution in [3.8, 4) is 11.1 Å². The number of hydrogen-bond donors (Lipinski definition) is 0. The topological polar surface area (TPSA) is 12.4 Å². The van der Waals surface area contributed by atoms with Crippen LogP contribution in [0.5, 0.6) is 0 Å². The zero-order valence-corrected chi connectivity index (χ0v) is 27.8. The second-order valence-electron chi connectivity index (χ2n) is 14.1. The molecule has 228 valence electrons. The minimum absolute atomic E-state index is 0.123. The molecule has 0 saturated heterocycles. The van der Waals surface area contributed by atoms with Gasteiger partial charge in [0.05, 0.1) is 0 Å². The van der Waals surface area contributed by atoms with Crippen molar-refractivity contribution < 1.29 is 0 Å². The third-order valence-electron chi connectivity index (χ3n) is 9.97. The fourth-order valence-electron chi connectivity index (χ4n) is 7.11. The first-order valence-electron chi connectivity index (χ1n) is 16.7. The Bertz CT molecular complexity index is 2060. The van der Waals surface area contributed by atoms with E-state index in [1.54, 1.807) is 0 Å². The summed E-state index contributed by atoms with van der Waals surface area (Å²) >= 11 is 0. The van der Waals surface area contributed by atoms with E-state index in [9.17, 15) is 0 Å². The predicted molar refractivity (Wildman–Crippen MR) is 199 cm³/mol. The molecular formula is C45H43N. The SMILES string of the molecule is C/C(=N\C(C)(C1=CC=CC1)c1ccc2c(c1)CCC(c1ccccc1-c1ccc3ccc(C(C)(C)C)cc3c1)=C2)c1ccccc1. The van der Waals surface area contributed by atoms with Crippen molar-refractivity contribution in [1.82, 2.24) is 0 Å². The molecule has 0 N–H and O–H groups in total. The summed E-state index contributed by atoms with van der Waals surface area (Å²) < 4.78 is 0. The van der Waals surface area contributed by atoms with E-state index in [4.69, 9.17) is 4.99 Å². The Morgan fingerprint density at radius 2 is 1.41 bits per heavy atom. The van der Waals surface area contributed by atoms with Gasteiger partial charge in [-0.2, -0.15) is 0 Å². The van der Waals surface area contributed by atoms with Crippen LogP contribution >= 0.6 is 0 Å². The molecule has 0 bridgehead atoms. The number of nitrogens with zero attached hydrogens (tertiary/aromatic N) is 1. The number of benzene rings is 5. The third kappa shape index (κ3) is 5.71. The van der Waals surface area contributed by atoms with Crippen LogP contribution in [0.4, 0.5) is 0 Å². The molecule has 1 nitrogen and oxygen atoms in total. The molecule has 0 saturated carbocycles. The Morgan fingerprint density at radius 3 is 2.17 bits per heavy atom. The Labute approximate surface area is 274 Å². The number of fused-ring (bicyclic) bond motifs is 2. The van der Waals surface area contributed by atoms with E-state index in [0.717, 1.165) is 25.0 Å².